The maximum atomic E-state index is 12.4. The molecule has 0 aliphatic rings. The molecule has 21 heavy (non-hydrogen) atoms. The Bertz CT molecular complexity index is 805. The predicted octanol–water partition coefficient (Wildman–Crippen LogP) is 2.23. The van der Waals surface area contributed by atoms with Crippen molar-refractivity contribution in [1.82, 2.24) is 19.7 Å². The number of imidazole rings is 1. The van der Waals surface area contributed by atoms with Crippen LogP contribution in [0.4, 0.5) is 5.69 Å². The van der Waals surface area contributed by atoms with Gasteiger partial charge in [0.2, 0.25) is 0 Å². The SMILES string of the molecule is CC(C)n1ccc(CS(=O)c2nc3ccc(N)cc3[nH]2)n1. The van der Waals surface area contributed by atoms with Crippen LogP contribution in [0.2, 0.25) is 0 Å². The molecule has 1 aromatic carbocycles. The van der Waals surface area contributed by atoms with Gasteiger partial charge in [-0.15, -0.1) is 0 Å². The first-order valence-electron chi connectivity index (χ1n) is 6.70. The van der Waals surface area contributed by atoms with Crippen LogP contribution in [0.5, 0.6) is 0 Å². The number of nitrogens with one attached hydrogen (secondary N) is 1. The Morgan fingerprint density at radius 2 is 2.19 bits per heavy atom. The lowest BCUT2D eigenvalue weighted by atomic mass is 10.3. The van der Waals surface area contributed by atoms with E-state index < -0.39 is 10.8 Å². The van der Waals surface area contributed by atoms with E-state index in [2.05, 4.69) is 28.9 Å². The van der Waals surface area contributed by atoms with E-state index >= 15 is 0 Å². The summed E-state index contributed by atoms with van der Waals surface area (Å²) < 4.78 is 14.2. The van der Waals surface area contributed by atoms with Crippen molar-refractivity contribution in [3.8, 4) is 0 Å². The number of aromatic amines is 1. The lowest BCUT2D eigenvalue weighted by molar-refractivity contribution is 0.528. The number of aromatic nitrogens is 4. The maximum Gasteiger partial charge on any atom is 0.197 e. The van der Waals surface area contributed by atoms with E-state index in [9.17, 15) is 4.21 Å². The van der Waals surface area contributed by atoms with Crippen molar-refractivity contribution in [2.45, 2.75) is 30.8 Å². The first-order chi connectivity index (χ1) is 10.0. The van der Waals surface area contributed by atoms with Gasteiger partial charge in [0.05, 0.1) is 33.3 Å². The molecule has 7 heteroatoms. The number of nitrogens with two attached hydrogens (primary N) is 1. The largest absolute Gasteiger partial charge is 0.399 e. The van der Waals surface area contributed by atoms with Gasteiger partial charge in [-0.25, -0.2) is 4.98 Å². The van der Waals surface area contributed by atoms with E-state index in [0.29, 0.717) is 22.6 Å². The second kappa shape index (κ2) is 5.33. The van der Waals surface area contributed by atoms with Crippen molar-refractivity contribution in [1.29, 1.82) is 0 Å². The standard InChI is InChI=1S/C14H17N5OS/c1-9(2)19-6-5-11(18-19)8-21(20)14-16-12-4-3-10(15)7-13(12)17-14/h3-7,9H,8,15H2,1-2H3,(H,16,17). The zero-order valence-corrected chi connectivity index (χ0v) is 12.7. The summed E-state index contributed by atoms with van der Waals surface area (Å²) in [6.45, 7) is 4.11. The van der Waals surface area contributed by atoms with Crippen LogP contribution in [0.15, 0.2) is 35.6 Å². The minimum Gasteiger partial charge on any atom is -0.399 e. The fraction of sp³-hybridized carbons (Fsp3) is 0.286. The third-order valence-corrected chi connectivity index (χ3v) is 4.35. The van der Waals surface area contributed by atoms with E-state index in [1.165, 1.54) is 0 Å². The van der Waals surface area contributed by atoms with Crippen molar-refractivity contribution in [3.63, 3.8) is 0 Å². The first kappa shape index (κ1) is 13.8. The molecule has 1 atom stereocenters. The fourth-order valence-corrected chi connectivity index (χ4v) is 3.04. The molecule has 1 unspecified atom stereocenters. The minimum absolute atomic E-state index is 0.293. The predicted molar refractivity (Wildman–Crippen MR) is 83.2 cm³/mol. The van der Waals surface area contributed by atoms with Crippen molar-refractivity contribution in [2.24, 2.45) is 0 Å². The number of rotatable bonds is 4. The average molecular weight is 303 g/mol. The lowest BCUT2D eigenvalue weighted by Gasteiger charge is -2.03. The first-order valence-corrected chi connectivity index (χ1v) is 8.02. The van der Waals surface area contributed by atoms with Crippen LogP contribution < -0.4 is 5.73 Å². The topological polar surface area (TPSA) is 89.6 Å². The second-order valence-electron chi connectivity index (χ2n) is 5.19. The van der Waals surface area contributed by atoms with Gasteiger partial charge < -0.3 is 10.7 Å². The Morgan fingerprint density at radius 3 is 2.90 bits per heavy atom. The van der Waals surface area contributed by atoms with Gasteiger partial charge in [0.1, 0.15) is 0 Å². The van der Waals surface area contributed by atoms with Gasteiger partial charge in [-0.2, -0.15) is 5.10 Å². The number of nitrogen functional groups attached to an aromatic ring is 1. The molecule has 0 amide bonds. The van der Waals surface area contributed by atoms with Gasteiger partial charge in [-0.05, 0) is 38.1 Å². The summed E-state index contributed by atoms with van der Waals surface area (Å²) in [7, 11) is -1.26. The number of hydrogen-bond acceptors (Lipinski definition) is 4. The number of benzene rings is 1. The Hall–Kier alpha value is -2.15. The molecular weight excluding hydrogens is 286 g/mol. The highest BCUT2D eigenvalue weighted by molar-refractivity contribution is 7.84. The van der Waals surface area contributed by atoms with Gasteiger partial charge in [-0.1, -0.05) is 0 Å². The van der Waals surface area contributed by atoms with Crippen molar-refractivity contribution < 1.29 is 4.21 Å². The molecular formula is C14H17N5OS. The minimum atomic E-state index is -1.26. The number of hydrogen-bond donors (Lipinski definition) is 2. The van der Waals surface area contributed by atoms with Gasteiger partial charge >= 0.3 is 0 Å². The summed E-state index contributed by atoms with van der Waals surface area (Å²) in [6, 6.07) is 7.56. The van der Waals surface area contributed by atoms with Gasteiger partial charge in [0.25, 0.3) is 0 Å². The highest BCUT2D eigenvalue weighted by Gasteiger charge is 2.13. The van der Waals surface area contributed by atoms with Gasteiger partial charge in [0.15, 0.2) is 5.16 Å². The van der Waals surface area contributed by atoms with Crippen molar-refractivity contribution in [3.05, 3.63) is 36.2 Å². The van der Waals surface area contributed by atoms with Crippen LogP contribution in [0.25, 0.3) is 11.0 Å². The maximum absolute atomic E-state index is 12.4. The molecule has 6 nitrogen and oxygen atoms in total. The summed E-state index contributed by atoms with van der Waals surface area (Å²) >= 11 is 0. The van der Waals surface area contributed by atoms with Crippen LogP contribution >= 0.6 is 0 Å². The van der Waals surface area contributed by atoms with Gasteiger partial charge in [0, 0.05) is 17.9 Å². The third kappa shape index (κ3) is 2.82. The molecule has 0 radical (unpaired) electrons. The number of fused-ring (bicyclic) bond motifs is 1. The summed E-state index contributed by atoms with van der Waals surface area (Å²) in [6.07, 6.45) is 1.90. The van der Waals surface area contributed by atoms with Crippen LogP contribution in [0, 0.1) is 0 Å². The van der Waals surface area contributed by atoms with E-state index in [1.807, 2.05) is 23.0 Å². The van der Waals surface area contributed by atoms with Crippen molar-refractivity contribution >= 4 is 27.5 Å². The third-order valence-electron chi connectivity index (χ3n) is 3.17. The van der Waals surface area contributed by atoms with Crippen LogP contribution in [0.3, 0.4) is 0 Å². The molecule has 0 aliphatic carbocycles. The summed E-state index contributed by atoms with van der Waals surface area (Å²) in [4.78, 5) is 7.41. The second-order valence-corrected chi connectivity index (χ2v) is 6.56. The fourth-order valence-electron chi connectivity index (χ4n) is 2.06. The summed E-state index contributed by atoms with van der Waals surface area (Å²) in [5.74, 6) is 0.342. The normalized spacial score (nSPS) is 13.1. The molecule has 3 rings (SSSR count). The van der Waals surface area contributed by atoms with E-state index in [-0.39, 0.29) is 0 Å². The molecule has 3 N–H and O–H groups in total. The highest BCUT2D eigenvalue weighted by atomic mass is 32.2. The zero-order valence-electron chi connectivity index (χ0n) is 11.9. The van der Waals surface area contributed by atoms with E-state index in [1.54, 1.807) is 12.1 Å². The quantitative estimate of drug-likeness (QED) is 0.723. The molecule has 110 valence electrons. The number of nitrogens with zero attached hydrogens (tertiary/aromatic N) is 3. The lowest BCUT2D eigenvalue weighted by Crippen LogP contribution is -2.04. The number of anilines is 1. The van der Waals surface area contributed by atoms with Crippen LogP contribution in [-0.4, -0.2) is 24.0 Å². The average Bonchev–Trinajstić information content (AvgIpc) is 3.04. The molecule has 0 fully saturated rings. The molecule has 0 spiro atoms. The molecule has 2 aromatic heterocycles. The van der Waals surface area contributed by atoms with Gasteiger partial charge in [-0.3, -0.25) is 8.89 Å². The van der Waals surface area contributed by atoms with Crippen LogP contribution in [0.1, 0.15) is 25.6 Å². The Morgan fingerprint density at radius 1 is 1.38 bits per heavy atom. The summed E-state index contributed by atoms with van der Waals surface area (Å²) in [5.41, 5.74) is 8.73. The molecule has 2 heterocycles. The molecule has 0 saturated heterocycles. The van der Waals surface area contributed by atoms with E-state index in [0.717, 1.165) is 16.7 Å². The number of H-pyrrole nitrogens is 1. The molecule has 0 aliphatic heterocycles. The smallest absolute Gasteiger partial charge is 0.197 e. The van der Waals surface area contributed by atoms with E-state index in [4.69, 9.17) is 5.73 Å². The zero-order chi connectivity index (χ0) is 15.0. The Labute approximate surface area is 124 Å². The molecule has 0 bridgehead atoms. The Kier molecular flexibility index (Phi) is 3.50. The van der Waals surface area contributed by atoms with Crippen molar-refractivity contribution in [2.75, 3.05) is 5.73 Å². The highest BCUT2D eigenvalue weighted by Crippen LogP contribution is 2.18. The Balaban J connectivity index is 1.82. The summed E-state index contributed by atoms with van der Waals surface area (Å²) in [5, 5.41) is 4.86. The van der Waals surface area contributed by atoms with Crippen LogP contribution in [-0.2, 0) is 16.6 Å². The molecule has 0 saturated carbocycles. The molecule has 3 aromatic rings. The monoisotopic (exact) mass is 303 g/mol.